The van der Waals surface area contributed by atoms with Gasteiger partial charge in [-0.3, -0.25) is 9.69 Å². The second kappa shape index (κ2) is 10.8. The molecule has 1 heterocycles. The zero-order valence-electron chi connectivity index (χ0n) is 19.5. The van der Waals surface area contributed by atoms with Crippen LogP contribution in [0.3, 0.4) is 0 Å². The lowest BCUT2D eigenvalue weighted by atomic mass is 9.88. The summed E-state index contributed by atoms with van der Waals surface area (Å²) >= 11 is 0. The Morgan fingerprint density at radius 2 is 1.58 bits per heavy atom. The maximum Gasteiger partial charge on any atom is 0.256 e. The van der Waals surface area contributed by atoms with Crippen molar-refractivity contribution in [3.8, 4) is 0 Å². The molecule has 2 atom stereocenters. The van der Waals surface area contributed by atoms with E-state index in [1.54, 1.807) is 18.2 Å². The molecule has 3 nitrogen and oxygen atoms in total. The summed E-state index contributed by atoms with van der Waals surface area (Å²) in [7, 11) is 0. The molecule has 33 heavy (non-hydrogen) atoms. The van der Waals surface area contributed by atoms with Crippen LogP contribution in [0.4, 0.5) is 4.39 Å². The molecule has 1 amide bonds. The van der Waals surface area contributed by atoms with Crippen molar-refractivity contribution in [2.45, 2.75) is 26.3 Å². The van der Waals surface area contributed by atoms with Gasteiger partial charge in [-0.15, -0.1) is 0 Å². The molecule has 2 unspecified atom stereocenters. The maximum absolute atomic E-state index is 14.4. The molecule has 3 aromatic carbocycles. The lowest BCUT2D eigenvalue weighted by Crippen LogP contribution is -2.40. The van der Waals surface area contributed by atoms with Crippen LogP contribution in [-0.2, 0) is 6.54 Å². The minimum atomic E-state index is -0.451. The molecule has 0 aliphatic carbocycles. The van der Waals surface area contributed by atoms with E-state index >= 15 is 0 Å². The number of halogens is 1. The highest BCUT2D eigenvalue weighted by Crippen LogP contribution is 2.34. The third-order valence-electron chi connectivity index (χ3n) is 6.43. The van der Waals surface area contributed by atoms with E-state index in [2.05, 4.69) is 67.3 Å². The van der Waals surface area contributed by atoms with Crippen molar-refractivity contribution in [2.24, 2.45) is 11.8 Å². The Balaban J connectivity index is 1.58. The SMILES string of the molecule is CC(C)CN(CC1CN(Cc2ccccc2)CC1c1ccccc1)C(=O)c1ccccc1F. The highest BCUT2D eigenvalue weighted by Gasteiger charge is 2.36. The molecular formula is C29H33FN2O. The van der Waals surface area contributed by atoms with E-state index in [4.69, 9.17) is 0 Å². The van der Waals surface area contributed by atoms with Gasteiger partial charge in [0.25, 0.3) is 5.91 Å². The number of hydrogen-bond acceptors (Lipinski definition) is 2. The normalized spacial score (nSPS) is 18.5. The van der Waals surface area contributed by atoms with Gasteiger partial charge in [0.05, 0.1) is 5.56 Å². The molecule has 1 aliphatic heterocycles. The van der Waals surface area contributed by atoms with Crippen LogP contribution in [0, 0.1) is 17.7 Å². The fraction of sp³-hybridized carbons (Fsp3) is 0.345. The van der Waals surface area contributed by atoms with Gasteiger partial charge < -0.3 is 4.90 Å². The summed E-state index contributed by atoms with van der Waals surface area (Å²) in [4.78, 5) is 17.7. The van der Waals surface area contributed by atoms with Crippen molar-refractivity contribution in [3.05, 3.63) is 107 Å². The molecule has 0 bridgehead atoms. The second-order valence-electron chi connectivity index (χ2n) is 9.54. The number of carbonyl (C=O) groups excluding carboxylic acids is 1. The lowest BCUT2D eigenvalue weighted by molar-refractivity contribution is 0.0698. The number of benzene rings is 3. The summed E-state index contributed by atoms with van der Waals surface area (Å²) in [5.74, 6) is 0.254. The molecule has 0 N–H and O–H groups in total. The van der Waals surface area contributed by atoms with Gasteiger partial charge >= 0.3 is 0 Å². The molecule has 1 saturated heterocycles. The number of likely N-dealkylation sites (tertiary alicyclic amines) is 1. The van der Waals surface area contributed by atoms with Crippen molar-refractivity contribution in [1.29, 1.82) is 0 Å². The smallest absolute Gasteiger partial charge is 0.256 e. The molecule has 0 saturated carbocycles. The van der Waals surface area contributed by atoms with Crippen LogP contribution in [0.5, 0.6) is 0 Å². The van der Waals surface area contributed by atoms with Crippen LogP contribution in [0.15, 0.2) is 84.9 Å². The molecular weight excluding hydrogens is 411 g/mol. The van der Waals surface area contributed by atoms with Gasteiger partial charge in [0.1, 0.15) is 5.82 Å². The molecule has 4 heteroatoms. The summed E-state index contributed by atoms with van der Waals surface area (Å²) in [6.07, 6.45) is 0. The van der Waals surface area contributed by atoms with Gasteiger partial charge in [0.15, 0.2) is 0 Å². The van der Waals surface area contributed by atoms with E-state index in [1.165, 1.54) is 17.2 Å². The average molecular weight is 445 g/mol. The summed E-state index contributed by atoms with van der Waals surface area (Å²) in [5.41, 5.74) is 2.76. The minimum absolute atomic E-state index is 0.161. The number of nitrogens with zero attached hydrogens (tertiary/aromatic N) is 2. The first-order valence-corrected chi connectivity index (χ1v) is 11.9. The van der Waals surface area contributed by atoms with E-state index < -0.39 is 5.82 Å². The molecule has 172 valence electrons. The Morgan fingerprint density at radius 1 is 0.939 bits per heavy atom. The number of amides is 1. The summed E-state index contributed by atoms with van der Waals surface area (Å²) in [6.45, 7) is 8.20. The monoisotopic (exact) mass is 444 g/mol. The summed E-state index contributed by atoms with van der Waals surface area (Å²) in [5, 5.41) is 0. The molecule has 1 fully saturated rings. The van der Waals surface area contributed by atoms with Crippen molar-refractivity contribution in [2.75, 3.05) is 26.2 Å². The zero-order chi connectivity index (χ0) is 23.2. The van der Waals surface area contributed by atoms with E-state index in [0.29, 0.717) is 24.9 Å². The highest BCUT2D eigenvalue weighted by atomic mass is 19.1. The maximum atomic E-state index is 14.4. The Morgan fingerprint density at radius 3 is 2.24 bits per heavy atom. The topological polar surface area (TPSA) is 23.6 Å². The number of carbonyl (C=O) groups is 1. The molecule has 0 radical (unpaired) electrons. The molecule has 1 aliphatic rings. The van der Waals surface area contributed by atoms with Gasteiger partial charge in [0, 0.05) is 38.6 Å². The van der Waals surface area contributed by atoms with Gasteiger partial charge in [-0.1, -0.05) is 86.6 Å². The van der Waals surface area contributed by atoms with Crippen LogP contribution < -0.4 is 0 Å². The second-order valence-corrected chi connectivity index (χ2v) is 9.54. The predicted molar refractivity (Wildman–Crippen MR) is 132 cm³/mol. The molecule has 0 aromatic heterocycles. The predicted octanol–water partition coefficient (Wildman–Crippen LogP) is 5.84. The first kappa shape index (κ1) is 23.2. The van der Waals surface area contributed by atoms with Crippen molar-refractivity contribution >= 4 is 5.91 Å². The Labute approximate surface area is 196 Å². The summed E-state index contributed by atoms with van der Waals surface area (Å²) in [6, 6.07) is 27.4. The minimum Gasteiger partial charge on any atom is -0.338 e. The van der Waals surface area contributed by atoms with Gasteiger partial charge in [0.2, 0.25) is 0 Å². The Bertz CT molecular complexity index is 1040. The van der Waals surface area contributed by atoms with Crippen LogP contribution in [0.25, 0.3) is 0 Å². The van der Waals surface area contributed by atoms with Crippen LogP contribution in [0.2, 0.25) is 0 Å². The largest absolute Gasteiger partial charge is 0.338 e. The Hall–Kier alpha value is -2.98. The van der Waals surface area contributed by atoms with Crippen LogP contribution in [0.1, 0.15) is 41.3 Å². The van der Waals surface area contributed by atoms with E-state index in [1.807, 2.05) is 17.0 Å². The van der Waals surface area contributed by atoms with Gasteiger partial charge in [-0.2, -0.15) is 0 Å². The average Bonchev–Trinajstić information content (AvgIpc) is 3.21. The fourth-order valence-corrected chi connectivity index (χ4v) is 4.96. The van der Waals surface area contributed by atoms with Gasteiger partial charge in [-0.25, -0.2) is 4.39 Å². The first-order chi connectivity index (χ1) is 16.0. The lowest BCUT2D eigenvalue weighted by Gasteiger charge is -2.30. The van der Waals surface area contributed by atoms with E-state index in [0.717, 1.165) is 19.6 Å². The summed E-state index contributed by atoms with van der Waals surface area (Å²) < 4.78 is 14.4. The Kier molecular flexibility index (Phi) is 7.56. The molecule has 0 spiro atoms. The molecule has 3 aromatic rings. The van der Waals surface area contributed by atoms with Crippen molar-refractivity contribution < 1.29 is 9.18 Å². The highest BCUT2D eigenvalue weighted by molar-refractivity contribution is 5.94. The third kappa shape index (κ3) is 5.88. The molecule has 4 rings (SSSR count). The number of rotatable bonds is 8. The third-order valence-corrected chi connectivity index (χ3v) is 6.43. The standard InChI is InChI=1S/C29H33FN2O/c1-22(2)17-32(29(33)26-15-9-10-16-28(26)30)20-25-19-31(18-23-11-5-3-6-12-23)21-27(25)24-13-7-4-8-14-24/h3-16,22,25,27H,17-21H2,1-2H3. The first-order valence-electron chi connectivity index (χ1n) is 11.9. The number of hydrogen-bond donors (Lipinski definition) is 0. The quantitative estimate of drug-likeness (QED) is 0.436. The van der Waals surface area contributed by atoms with E-state index in [-0.39, 0.29) is 17.4 Å². The van der Waals surface area contributed by atoms with Gasteiger partial charge in [-0.05, 0) is 35.1 Å². The van der Waals surface area contributed by atoms with Crippen molar-refractivity contribution in [1.82, 2.24) is 9.80 Å². The zero-order valence-corrected chi connectivity index (χ0v) is 19.5. The van der Waals surface area contributed by atoms with Crippen molar-refractivity contribution in [3.63, 3.8) is 0 Å². The fourth-order valence-electron chi connectivity index (χ4n) is 4.96. The van der Waals surface area contributed by atoms with Crippen LogP contribution in [-0.4, -0.2) is 41.9 Å². The van der Waals surface area contributed by atoms with E-state index in [9.17, 15) is 9.18 Å². The van der Waals surface area contributed by atoms with Crippen LogP contribution >= 0.6 is 0 Å².